The van der Waals surface area contributed by atoms with Crippen molar-refractivity contribution < 1.29 is 7.87 Å². The third-order valence-electron chi connectivity index (χ3n) is 7.56. The molecule has 0 radical (unpaired) electrons. The number of carbonyl (C=O) groups excluding carboxylic acids is 1. The van der Waals surface area contributed by atoms with E-state index in [9.17, 15) is 4.79 Å². The summed E-state index contributed by atoms with van der Waals surface area (Å²) in [7, 11) is -1.75. The summed E-state index contributed by atoms with van der Waals surface area (Å²) in [6.45, 7) is 23.2. The van der Waals surface area contributed by atoms with Gasteiger partial charge in [0.1, 0.15) is 0 Å². The molecular weight excluding hydrogens is 467 g/mol. The van der Waals surface area contributed by atoms with Crippen LogP contribution >= 0.6 is 0 Å². The molecule has 164 valence electrons. The van der Waals surface area contributed by atoms with Crippen LogP contribution in [0, 0.1) is 0 Å². The Morgan fingerprint density at radius 3 is 1.79 bits per heavy atom. The average Bonchev–Trinajstić information content (AvgIpc) is 2.89. The molecule has 0 aromatic heterocycles. The number of hydrogen-bond donors (Lipinski definition) is 0. The van der Waals surface area contributed by atoms with Gasteiger partial charge in [-0.2, -0.15) is 0 Å². The third kappa shape index (κ3) is 6.44. The van der Waals surface area contributed by atoms with Gasteiger partial charge in [0.15, 0.2) is 0 Å². The summed E-state index contributed by atoms with van der Waals surface area (Å²) in [6.07, 6.45) is 8.38. The first-order valence-electron chi connectivity index (χ1n) is 11.9. The molecule has 0 aromatic carbocycles. The number of ketones is 1. The van der Waals surface area contributed by atoms with E-state index in [1.54, 1.807) is 0 Å². The van der Waals surface area contributed by atoms with Crippen LogP contribution in [0.4, 0.5) is 0 Å². The summed E-state index contributed by atoms with van der Waals surface area (Å²) in [6, 6.07) is 0. The summed E-state index contributed by atoms with van der Waals surface area (Å²) in [4.78, 5) is 12.8. The monoisotopic (exact) mass is 516 g/mol. The Morgan fingerprint density at radius 1 is 1.00 bits per heavy atom. The van der Waals surface area contributed by atoms with Gasteiger partial charge in [0, 0.05) is 0 Å². The molecule has 0 saturated heterocycles. The molecule has 1 rings (SSSR count). The van der Waals surface area contributed by atoms with Gasteiger partial charge in [-0.25, -0.2) is 0 Å². The Labute approximate surface area is 181 Å². The van der Waals surface area contributed by atoms with Crippen LogP contribution < -0.4 is 0 Å². The van der Waals surface area contributed by atoms with Crippen LogP contribution in [0.3, 0.4) is 0 Å². The number of hydrogen-bond acceptors (Lipinski definition) is 2. The van der Waals surface area contributed by atoms with E-state index in [0.29, 0.717) is 12.0 Å². The molecule has 0 heterocycles. The Balaban J connectivity index is 3.24. The molecule has 0 amide bonds. The fourth-order valence-corrected chi connectivity index (χ4v) is 22.3. The second kappa shape index (κ2) is 11.1. The van der Waals surface area contributed by atoms with Crippen molar-refractivity contribution >= 4 is 32.6 Å². The molecule has 0 unspecified atom stereocenters. The molecule has 1 saturated carbocycles. The predicted molar refractivity (Wildman–Crippen MR) is 129 cm³/mol. The minimum atomic E-state index is -2.74. The van der Waals surface area contributed by atoms with Crippen LogP contribution in [0.15, 0.2) is 12.2 Å². The number of rotatable bonds is 12. The van der Waals surface area contributed by atoms with Crippen molar-refractivity contribution in [2.24, 2.45) is 0 Å². The van der Waals surface area contributed by atoms with E-state index in [0.717, 1.165) is 5.57 Å². The van der Waals surface area contributed by atoms with E-state index in [2.05, 4.69) is 61.2 Å². The SMILES string of the molecule is C=C1C(=O)C[C@@H]([O][Sn]([CH2]CCC)([CH2]CCC)[CH2]CCC)[C@@H]1[Si](C)(C)C(C)(C)C. The Bertz CT molecular complexity index is 499. The molecular formula is C24H48O2SiSn. The van der Waals surface area contributed by atoms with Crippen molar-refractivity contribution in [3.8, 4) is 0 Å². The fraction of sp³-hybridized carbons (Fsp3) is 0.875. The second-order valence-corrected chi connectivity index (χ2v) is 28.0. The average molecular weight is 515 g/mol. The Kier molecular flexibility index (Phi) is 10.5. The van der Waals surface area contributed by atoms with Crippen molar-refractivity contribution in [2.75, 3.05) is 0 Å². The number of Topliss-reactive ketones (excluding diaryl/α,β-unsaturated/α-hetero) is 1. The van der Waals surface area contributed by atoms with Gasteiger partial charge in [0.25, 0.3) is 0 Å². The van der Waals surface area contributed by atoms with Crippen LogP contribution in [-0.2, 0) is 7.87 Å². The van der Waals surface area contributed by atoms with Crippen LogP contribution in [0.5, 0.6) is 0 Å². The topological polar surface area (TPSA) is 26.3 Å². The van der Waals surface area contributed by atoms with Gasteiger partial charge in [-0.3, -0.25) is 0 Å². The molecule has 0 aromatic rings. The fourth-order valence-electron chi connectivity index (χ4n) is 4.68. The van der Waals surface area contributed by atoms with E-state index < -0.39 is 26.9 Å². The molecule has 0 N–H and O–H groups in total. The molecule has 1 fully saturated rings. The first-order valence-corrected chi connectivity index (χ1v) is 22.1. The van der Waals surface area contributed by atoms with Gasteiger partial charge in [0.05, 0.1) is 0 Å². The quantitative estimate of drug-likeness (QED) is 0.194. The summed E-state index contributed by atoms with van der Waals surface area (Å²) >= 11 is -2.74. The summed E-state index contributed by atoms with van der Waals surface area (Å²) in [5.74, 6) is 0.279. The summed E-state index contributed by atoms with van der Waals surface area (Å²) in [5, 5.41) is 0.237. The van der Waals surface area contributed by atoms with Crippen LogP contribution in [0.2, 0.25) is 37.0 Å². The minimum absolute atomic E-state index is 0.127. The zero-order chi connectivity index (χ0) is 21.6. The first kappa shape index (κ1) is 26.4. The van der Waals surface area contributed by atoms with Crippen molar-refractivity contribution in [3.05, 3.63) is 12.2 Å². The molecule has 1 aliphatic rings. The van der Waals surface area contributed by atoms with E-state index in [4.69, 9.17) is 3.07 Å². The molecule has 0 aliphatic heterocycles. The molecule has 0 spiro atoms. The molecule has 4 heteroatoms. The Morgan fingerprint density at radius 2 is 1.43 bits per heavy atom. The third-order valence-corrected chi connectivity index (χ3v) is 26.8. The second-order valence-electron chi connectivity index (χ2n) is 10.8. The van der Waals surface area contributed by atoms with Crippen molar-refractivity contribution in [1.29, 1.82) is 0 Å². The van der Waals surface area contributed by atoms with Crippen molar-refractivity contribution in [3.63, 3.8) is 0 Å². The Hall–Kier alpha value is 0.386. The number of unbranched alkanes of at least 4 members (excludes halogenated alkanes) is 3. The normalized spacial score (nSPS) is 21.6. The molecule has 2 atom stereocenters. The van der Waals surface area contributed by atoms with E-state index >= 15 is 0 Å². The molecule has 0 bridgehead atoms. The van der Waals surface area contributed by atoms with Crippen LogP contribution in [-0.4, -0.2) is 38.8 Å². The van der Waals surface area contributed by atoms with Gasteiger partial charge < -0.3 is 0 Å². The standard InChI is InChI=1S/C12H21O2Si.3C4H9.Sn/c1-8-9(13)7-10(14)11(8)15(5,6)12(2,3)4;3*1-3-4-2;/h10-11H,1,7H2,2-6H3;3*1,3-4H2,2H3;/q-1;;;;+1/t10-,11-;;;;/m1..../s1. The van der Waals surface area contributed by atoms with E-state index in [-0.39, 0.29) is 16.9 Å². The summed E-state index contributed by atoms with van der Waals surface area (Å²) in [5.41, 5.74) is 1.18. The van der Waals surface area contributed by atoms with Crippen molar-refractivity contribution in [1.82, 2.24) is 0 Å². The first-order chi connectivity index (χ1) is 13.0. The van der Waals surface area contributed by atoms with E-state index in [1.807, 2.05) is 0 Å². The van der Waals surface area contributed by atoms with Gasteiger partial charge in [-0.15, -0.1) is 0 Å². The van der Waals surface area contributed by atoms with Gasteiger partial charge in [-0.1, -0.05) is 0 Å². The molecule has 2 nitrogen and oxygen atoms in total. The van der Waals surface area contributed by atoms with Gasteiger partial charge in [0.2, 0.25) is 0 Å². The maximum atomic E-state index is 12.8. The summed E-state index contributed by atoms with van der Waals surface area (Å²) < 4.78 is 11.3. The zero-order valence-corrected chi connectivity index (χ0v) is 24.1. The molecule has 1 aliphatic carbocycles. The van der Waals surface area contributed by atoms with Crippen LogP contribution in [0.1, 0.15) is 86.5 Å². The predicted octanol–water partition coefficient (Wildman–Crippen LogP) is 8.13. The van der Waals surface area contributed by atoms with E-state index in [1.165, 1.54) is 51.8 Å². The van der Waals surface area contributed by atoms with Crippen LogP contribution in [0.25, 0.3) is 0 Å². The van der Waals surface area contributed by atoms with Crippen molar-refractivity contribution in [2.45, 2.75) is 130 Å². The van der Waals surface area contributed by atoms with Gasteiger partial charge >= 0.3 is 182 Å². The molecule has 28 heavy (non-hydrogen) atoms. The zero-order valence-electron chi connectivity index (χ0n) is 20.2. The number of carbonyl (C=O) groups is 1. The maximum absolute atomic E-state index is 12.8. The van der Waals surface area contributed by atoms with Gasteiger partial charge in [-0.05, 0) is 0 Å².